The molecule has 4 aliphatic heterocycles. The van der Waals surface area contributed by atoms with Gasteiger partial charge in [0, 0.05) is 176 Å². The second-order valence-corrected chi connectivity index (χ2v) is 28.6. The smallest absolute Gasteiger partial charge is 0.410 e. The number of carbonyl (C=O) groups excluding carboxylic acids is 4. The summed E-state index contributed by atoms with van der Waals surface area (Å²) in [5.41, 5.74) is 9.14. The van der Waals surface area contributed by atoms with Crippen LogP contribution in [0.1, 0.15) is 80.1 Å². The van der Waals surface area contributed by atoms with Gasteiger partial charge in [-0.15, -0.1) is 39.7 Å². The fourth-order valence-corrected chi connectivity index (χ4v) is 11.4. The molecule has 1 aromatic carbocycles. The van der Waals surface area contributed by atoms with E-state index in [9.17, 15) is 27.6 Å². The Balaban J connectivity index is 0.000000300. The van der Waals surface area contributed by atoms with Crippen molar-refractivity contribution in [1.29, 1.82) is 0 Å². The van der Waals surface area contributed by atoms with Gasteiger partial charge < -0.3 is 64.7 Å². The van der Waals surface area contributed by atoms with Gasteiger partial charge in [-0.05, 0) is 135 Å². The Bertz CT molecular complexity index is 3310. The van der Waals surface area contributed by atoms with Crippen LogP contribution in [-0.4, -0.2) is 222 Å². The summed E-state index contributed by atoms with van der Waals surface area (Å²) in [4.78, 5) is 79.4. The van der Waals surface area contributed by atoms with E-state index in [0.717, 1.165) is 98.2 Å². The van der Waals surface area contributed by atoms with Crippen molar-refractivity contribution in [2.75, 3.05) is 133 Å². The molecule has 0 atom stereocenters. The molecule has 4 N–H and O–H groups in total. The molecule has 10 rings (SSSR count). The highest BCUT2D eigenvalue weighted by Crippen LogP contribution is 2.29. The van der Waals surface area contributed by atoms with Gasteiger partial charge >= 0.3 is 18.3 Å². The largest absolute Gasteiger partial charge is 0.497 e. The van der Waals surface area contributed by atoms with Gasteiger partial charge in [-0.25, -0.2) is 32.8 Å². The van der Waals surface area contributed by atoms with Crippen LogP contribution in [-0.2, 0) is 24.0 Å². The van der Waals surface area contributed by atoms with Gasteiger partial charge in [0.15, 0.2) is 31.0 Å². The Morgan fingerprint density at radius 2 is 0.894 bits per heavy atom. The van der Waals surface area contributed by atoms with E-state index in [4.69, 9.17) is 46.9 Å². The third-order valence-electron chi connectivity index (χ3n) is 13.1. The zero-order valence-electron chi connectivity index (χ0n) is 54.9. The number of thiocarbonyl (C=S) groups is 1. The standard InChI is InChI=1S/C17H22N4O2S.C12H14N4S.C10H19N3O2S.C9H18N2O2.C8H10O3S.C7H6BrNO.CH4.BrH/c1-17(2,3)23-16(22)21-10-8-20(9-11-21)15-19-14(12-24-15)13-4-6-18-7-5-13;1-3-13-4-2-10(1)11-9-17-12(15-11)16-7-5-14-6-8-16;1-10(2,3)15-9(14)13-6-4-12(5-7-13)8(11)16;1-9(2,3)13-8(12)11-6-4-10-5-7-11;1-11-7-3-5-8(6-4-7)12(2,9)10;8-5-7(10)6-1-3-9-4-2-6;;/h4-7,12H,8-11H2,1-3H3;1-4,9,14H,5-8H2;4-7H2,1-3H3,(H2,11,16);10H,4-7H2,1-3H3;3-6H,1-2H3;1-4H,5H2;1H4;1H. The summed E-state index contributed by atoms with van der Waals surface area (Å²) >= 11 is 11.3. The van der Waals surface area contributed by atoms with E-state index < -0.39 is 21.0 Å². The van der Waals surface area contributed by atoms with Crippen LogP contribution in [0.5, 0.6) is 5.75 Å². The Hall–Kier alpha value is -6.67. The fourth-order valence-electron chi connectivity index (χ4n) is 8.44. The second kappa shape index (κ2) is 40.0. The van der Waals surface area contributed by atoms with Crippen molar-refractivity contribution in [3.63, 3.8) is 0 Å². The number of rotatable bonds is 8. The first-order valence-electron chi connectivity index (χ1n) is 30.0. The maximum atomic E-state index is 12.1. The fraction of sp³-hybridized carbons (Fsp3) is 0.500. The van der Waals surface area contributed by atoms with Crippen molar-refractivity contribution >= 4 is 117 Å². The molecule has 0 unspecified atom stereocenters. The number of carbonyl (C=O) groups is 4. The van der Waals surface area contributed by atoms with Crippen molar-refractivity contribution in [3.05, 3.63) is 114 Å². The number of anilines is 2. The van der Waals surface area contributed by atoms with Gasteiger partial charge in [-0.3, -0.25) is 19.7 Å². The predicted molar refractivity (Wildman–Crippen MR) is 388 cm³/mol. The van der Waals surface area contributed by atoms with E-state index in [2.05, 4.69) is 62.1 Å². The van der Waals surface area contributed by atoms with Gasteiger partial charge in [-0.1, -0.05) is 23.4 Å². The Morgan fingerprint density at radius 3 is 1.24 bits per heavy atom. The molecule has 0 saturated carbocycles. The molecule has 30 heteroatoms. The maximum absolute atomic E-state index is 12.1. The number of nitrogens with two attached hydrogens (primary N) is 1. The van der Waals surface area contributed by atoms with Crippen LogP contribution in [0, 0.1) is 0 Å². The number of nitrogens with zero attached hydrogens (tertiary/aromatic N) is 11. The molecular formula is C64H94Br2N14O10S4. The summed E-state index contributed by atoms with van der Waals surface area (Å²) in [5.74, 6) is 0.741. The maximum Gasteiger partial charge on any atom is 0.410 e. The molecule has 9 heterocycles. The van der Waals surface area contributed by atoms with Crippen LogP contribution >= 0.6 is 67.8 Å². The summed E-state index contributed by atoms with van der Waals surface area (Å²) < 4.78 is 42.8. The number of thiazole rings is 2. The summed E-state index contributed by atoms with van der Waals surface area (Å²) in [6, 6.07) is 17.6. The lowest BCUT2D eigenvalue weighted by Gasteiger charge is -2.35. The number of methoxy groups -OCH3 is 1. The number of benzene rings is 1. The summed E-state index contributed by atoms with van der Waals surface area (Å²) in [7, 11) is -1.55. The van der Waals surface area contributed by atoms with Gasteiger partial charge in [-0.2, -0.15) is 0 Å². The number of nitrogens with one attached hydrogen (secondary N) is 2. The molecule has 0 bridgehead atoms. The number of Topliss-reactive ketones (excluding diaryl/α,β-unsaturated/α-hetero) is 1. The predicted octanol–water partition coefficient (Wildman–Crippen LogP) is 10.5. The Kier molecular flexibility index (Phi) is 34.7. The third-order valence-corrected chi connectivity index (χ3v) is 16.8. The number of ketones is 1. The first kappa shape index (κ1) is 81.6. The SMILES string of the molecule is Br.C.CC(C)(C)OC(=O)N1CCN(C(N)=S)CC1.CC(C)(C)OC(=O)N1CCN(c2nc(-c3ccncc3)cs2)CC1.CC(C)(C)OC(=O)N1CCNCC1.COc1ccc(S(C)(=O)=O)cc1.O=C(CBr)c1ccncc1.c1cc(-c2csc(N3CCNCC3)n2)ccn1. The topological polar surface area (TPSA) is 273 Å². The average molecular weight is 1510 g/mol. The summed E-state index contributed by atoms with van der Waals surface area (Å²) in [6.45, 7) is 29.7. The second-order valence-electron chi connectivity index (χ2n) is 23.9. The molecule has 4 aliphatic rings. The van der Waals surface area contributed by atoms with Crippen molar-refractivity contribution in [2.24, 2.45) is 5.73 Å². The number of pyridine rings is 3. The molecule has 518 valence electrons. The van der Waals surface area contributed by atoms with Crippen molar-refractivity contribution in [1.82, 2.24) is 55.2 Å². The Morgan fingerprint density at radius 1 is 0.553 bits per heavy atom. The first-order chi connectivity index (χ1) is 43.5. The van der Waals surface area contributed by atoms with E-state index in [1.807, 2.05) is 91.5 Å². The quantitative estimate of drug-likeness (QED) is 0.0553. The molecular weight excluding hydrogens is 1410 g/mol. The normalized spacial score (nSPS) is 14.8. The molecule has 5 aromatic heterocycles. The number of piperazine rings is 4. The lowest BCUT2D eigenvalue weighted by atomic mass is 10.2. The summed E-state index contributed by atoms with van der Waals surface area (Å²) in [6.07, 6.45) is 10.8. The number of alkyl halides is 1. The molecule has 6 aromatic rings. The number of amides is 3. The number of ether oxygens (including phenoxy) is 4. The van der Waals surface area contributed by atoms with E-state index in [1.54, 1.807) is 98.8 Å². The lowest BCUT2D eigenvalue weighted by molar-refractivity contribution is 0.0184. The highest BCUT2D eigenvalue weighted by atomic mass is 79.9. The first-order valence-corrected chi connectivity index (χ1v) is 35.1. The molecule has 3 amide bonds. The molecule has 94 heavy (non-hydrogen) atoms. The minimum absolute atomic E-state index is 0. The monoisotopic (exact) mass is 1500 g/mol. The van der Waals surface area contributed by atoms with E-state index in [-0.39, 0.29) is 54.1 Å². The molecule has 0 radical (unpaired) electrons. The van der Waals surface area contributed by atoms with Crippen LogP contribution in [0.2, 0.25) is 0 Å². The zero-order chi connectivity index (χ0) is 67.5. The molecule has 4 saturated heterocycles. The van der Waals surface area contributed by atoms with Gasteiger partial charge in [0.1, 0.15) is 22.6 Å². The number of halogens is 2. The molecule has 0 spiro atoms. The molecule has 24 nitrogen and oxygen atoms in total. The lowest BCUT2D eigenvalue weighted by Crippen LogP contribution is -2.52. The van der Waals surface area contributed by atoms with E-state index in [0.29, 0.717) is 65.9 Å². The van der Waals surface area contributed by atoms with Crippen LogP contribution in [0.4, 0.5) is 24.6 Å². The average Bonchev–Trinajstić information content (AvgIpc) is 2.25. The van der Waals surface area contributed by atoms with Crippen LogP contribution in [0.15, 0.2) is 114 Å². The van der Waals surface area contributed by atoms with Crippen LogP contribution in [0.25, 0.3) is 22.5 Å². The van der Waals surface area contributed by atoms with Crippen molar-refractivity contribution in [3.8, 4) is 28.3 Å². The number of aromatic nitrogens is 5. The van der Waals surface area contributed by atoms with Crippen molar-refractivity contribution < 1.29 is 46.5 Å². The van der Waals surface area contributed by atoms with E-state index in [1.165, 1.54) is 25.5 Å². The van der Waals surface area contributed by atoms with E-state index >= 15 is 0 Å². The number of hydrogen-bond donors (Lipinski definition) is 3. The highest BCUT2D eigenvalue weighted by Gasteiger charge is 2.29. The minimum atomic E-state index is -3.08. The van der Waals surface area contributed by atoms with Gasteiger partial charge in [0.05, 0.1) is 28.7 Å². The van der Waals surface area contributed by atoms with Gasteiger partial charge in [0.25, 0.3) is 0 Å². The van der Waals surface area contributed by atoms with Crippen LogP contribution in [0.3, 0.4) is 0 Å². The molecule has 0 aliphatic carbocycles. The highest BCUT2D eigenvalue weighted by molar-refractivity contribution is 9.09. The summed E-state index contributed by atoms with van der Waals surface area (Å²) in [5, 5.41) is 13.6. The van der Waals surface area contributed by atoms with Crippen LogP contribution < -0.4 is 30.9 Å². The Labute approximate surface area is 587 Å². The minimum Gasteiger partial charge on any atom is -0.497 e. The molecule has 4 fully saturated rings. The number of hydrogen-bond acceptors (Lipinski definition) is 22. The number of sulfone groups is 1. The van der Waals surface area contributed by atoms with Crippen molar-refractivity contribution in [2.45, 2.75) is 91.4 Å². The van der Waals surface area contributed by atoms with Gasteiger partial charge in [0.2, 0.25) is 0 Å². The zero-order valence-corrected chi connectivity index (χ0v) is 61.5. The third kappa shape index (κ3) is 30.0.